The highest BCUT2D eigenvalue weighted by Gasteiger charge is 2.39. The second kappa shape index (κ2) is 5.10. The molecule has 1 aliphatic heterocycles. The fourth-order valence-corrected chi connectivity index (χ4v) is 3.03. The molecule has 1 aromatic rings. The van der Waals surface area contributed by atoms with E-state index in [0.29, 0.717) is 5.15 Å². The van der Waals surface area contributed by atoms with Crippen molar-refractivity contribution in [3.05, 3.63) is 17.0 Å². The number of morpholine rings is 1. The molecule has 1 saturated heterocycles. The lowest BCUT2D eigenvalue weighted by Gasteiger charge is -2.47. The molecule has 0 saturated carbocycles. The monoisotopic (exact) mass is 311 g/mol. The molecule has 5 heteroatoms. The van der Waals surface area contributed by atoms with E-state index in [1.807, 2.05) is 6.07 Å². The summed E-state index contributed by atoms with van der Waals surface area (Å²) in [6.07, 6.45) is 0. The zero-order valence-corrected chi connectivity index (χ0v) is 14.9. The van der Waals surface area contributed by atoms with Gasteiger partial charge >= 0.3 is 0 Å². The molecule has 0 spiro atoms. The van der Waals surface area contributed by atoms with Crippen molar-refractivity contribution in [2.45, 2.75) is 65.1 Å². The maximum absolute atomic E-state index is 6.21. The number of aromatic nitrogens is 2. The van der Waals surface area contributed by atoms with Crippen LogP contribution >= 0.6 is 11.6 Å². The molecule has 0 unspecified atom stereocenters. The molecule has 0 aromatic carbocycles. The summed E-state index contributed by atoms with van der Waals surface area (Å²) < 4.78 is 6.12. The van der Waals surface area contributed by atoms with Gasteiger partial charge in [-0.25, -0.2) is 9.97 Å². The Labute approximate surface area is 132 Å². The molecule has 2 heterocycles. The molecule has 0 radical (unpaired) electrons. The first-order chi connectivity index (χ1) is 9.38. The fraction of sp³-hybridized carbons (Fsp3) is 0.750. The minimum Gasteiger partial charge on any atom is -0.366 e. The van der Waals surface area contributed by atoms with Crippen molar-refractivity contribution >= 4 is 17.4 Å². The van der Waals surface area contributed by atoms with Gasteiger partial charge in [0.1, 0.15) is 16.8 Å². The van der Waals surface area contributed by atoms with E-state index in [-0.39, 0.29) is 16.6 Å². The number of hydrogen-bond donors (Lipinski definition) is 0. The Kier molecular flexibility index (Phi) is 4.00. The van der Waals surface area contributed by atoms with E-state index < -0.39 is 0 Å². The molecule has 0 amide bonds. The first-order valence-corrected chi connectivity index (χ1v) is 7.76. The minimum atomic E-state index is -0.221. The fourth-order valence-electron chi connectivity index (χ4n) is 2.85. The maximum Gasteiger partial charge on any atom is 0.137 e. The molecule has 21 heavy (non-hydrogen) atoms. The molecule has 0 atom stereocenters. The van der Waals surface area contributed by atoms with Crippen LogP contribution in [-0.4, -0.2) is 34.3 Å². The van der Waals surface area contributed by atoms with Crippen LogP contribution in [0.2, 0.25) is 5.15 Å². The highest BCUT2D eigenvalue weighted by Crippen LogP contribution is 2.32. The number of hydrogen-bond acceptors (Lipinski definition) is 4. The molecule has 0 N–H and O–H groups in total. The molecule has 0 aliphatic carbocycles. The molecule has 0 bridgehead atoms. The summed E-state index contributed by atoms with van der Waals surface area (Å²) in [7, 11) is 0. The van der Waals surface area contributed by atoms with Crippen molar-refractivity contribution in [1.29, 1.82) is 0 Å². The summed E-state index contributed by atoms with van der Waals surface area (Å²) in [6.45, 7) is 16.3. The van der Waals surface area contributed by atoms with Crippen LogP contribution in [0, 0.1) is 0 Å². The van der Waals surface area contributed by atoms with Crippen LogP contribution in [0.3, 0.4) is 0 Å². The van der Waals surface area contributed by atoms with E-state index in [1.165, 1.54) is 0 Å². The van der Waals surface area contributed by atoms with Gasteiger partial charge in [-0.3, -0.25) is 0 Å². The lowest BCUT2D eigenvalue weighted by molar-refractivity contribution is -0.133. The Morgan fingerprint density at radius 3 is 2.10 bits per heavy atom. The second-order valence-electron chi connectivity index (χ2n) is 8.10. The third-order valence-electron chi connectivity index (χ3n) is 3.37. The number of nitrogens with zero attached hydrogens (tertiary/aromatic N) is 3. The quantitative estimate of drug-likeness (QED) is 0.739. The van der Waals surface area contributed by atoms with Gasteiger partial charge in [-0.05, 0) is 27.7 Å². The summed E-state index contributed by atoms with van der Waals surface area (Å²) in [5, 5.41) is 0.493. The first-order valence-electron chi connectivity index (χ1n) is 7.38. The van der Waals surface area contributed by atoms with Crippen molar-refractivity contribution in [3.8, 4) is 0 Å². The average molecular weight is 312 g/mol. The van der Waals surface area contributed by atoms with E-state index in [1.54, 1.807) is 0 Å². The standard InChI is InChI=1S/C16H26ClN3O/c1-14(2,3)13-18-11(17)8-12(19-13)20-9-15(4,5)21-16(6,7)10-20/h8H,9-10H2,1-7H3. The van der Waals surface area contributed by atoms with Crippen LogP contribution in [0.25, 0.3) is 0 Å². The van der Waals surface area contributed by atoms with E-state index in [2.05, 4.69) is 58.4 Å². The lowest BCUT2D eigenvalue weighted by atomic mass is 9.95. The topological polar surface area (TPSA) is 38.2 Å². The van der Waals surface area contributed by atoms with Gasteiger partial charge in [0.2, 0.25) is 0 Å². The Morgan fingerprint density at radius 1 is 1.10 bits per heavy atom. The van der Waals surface area contributed by atoms with Gasteiger partial charge in [0, 0.05) is 24.6 Å². The van der Waals surface area contributed by atoms with Gasteiger partial charge in [-0.1, -0.05) is 32.4 Å². The van der Waals surface area contributed by atoms with Crippen LogP contribution in [0.1, 0.15) is 54.3 Å². The third kappa shape index (κ3) is 4.07. The Hall–Kier alpha value is -0.870. The van der Waals surface area contributed by atoms with Gasteiger partial charge in [0.25, 0.3) is 0 Å². The largest absolute Gasteiger partial charge is 0.366 e. The Morgan fingerprint density at radius 2 is 1.62 bits per heavy atom. The third-order valence-corrected chi connectivity index (χ3v) is 3.57. The molecule has 4 nitrogen and oxygen atoms in total. The van der Waals surface area contributed by atoms with Crippen molar-refractivity contribution in [1.82, 2.24) is 9.97 Å². The van der Waals surface area contributed by atoms with Gasteiger partial charge in [0.05, 0.1) is 11.2 Å². The molecule has 2 rings (SSSR count). The molecule has 1 fully saturated rings. The molecular weight excluding hydrogens is 286 g/mol. The van der Waals surface area contributed by atoms with Crippen LogP contribution in [0.4, 0.5) is 5.82 Å². The van der Waals surface area contributed by atoms with Crippen LogP contribution in [-0.2, 0) is 10.2 Å². The molecule has 1 aliphatic rings. The second-order valence-corrected chi connectivity index (χ2v) is 8.49. The highest BCUT2D eigenvalue weighted by atomic mass is 35.5. The predicted molar refractivity (Wildman–Crippen MR) is 87.2 cm³/mol. The van der Waals surface area contributed by atoms with Crippen LogP contribution in [0.5, 0.6) is 0 Å². The summed E-state index contributed by atoms with van der Waals surface area (Å²) in [5.41, 5.74) is -0.570. The van der Waals surface area contributed by atoms with Crippen LogP contribution in [0.15, 0.2) is 6.07 Å². The van der Waals surface area contributed by atoms with E-state index >= 15 is 0 Å². The number of ether oxygens (including phenoxy) is 1. The summed E-state index contributed by atoms with van der Waals surface area (Å²) >= 11 is 6.21. The van der Waals surface area contributed by atoms with Crippen LogP contribution < -0.4 is 4.90 Å². The number of anilines is 1. The van der Waals surface area contributed by atoms with Gasteiger partial charge in [-0.15, -0.1) is 0 Å². The molecule has 1 aromatic heterocycles. The Bertz CT molecular complexity index is 519. The predicted octanol–water partition coefficient (Wildman–Crippen LogP) is 3.82. The zero-order valence-electron chi connectivity index (χ0n) is 14.1. The van der Waals surface area contributed by atoms with Gasteiger partial charge < -0.3 is 9.64 Å². The minimum absolute atomic E-state index is 0.128. The van der Waals surface area contributed by atoms with E-state index in [9.17, 15) is 0 Å². The summed E-state index contributed by atoms with van der Waals surface area (Å²) in [6, 6.07) is 1.84. The van der Waals surface area contributed by atoms with Gasteiger partial charge in [0.15, 0.2) is 0 Å². The summed E-state index contributed by atoms with van der Waals surface area (Å²) in [4.78, 5) is 11.3. The average Bonchev–Trinajstić information content (AvgIpc) is 2.22. The van der Waals surface area contributed by atoms with Crippen molar-refractivity contribution in [3.63, 3.8) is 0 Å². The SMILES string of the molecule is CC1(C)CN(c2cc(Cl)nc(C(C)(C)C)n2)CC(C)(C)O1. The van der Waals surface area contributed by atoms with Crippen molar-refractivity contribution in [2.24, 2.45) is 0 Å². The molecule has 118 valence electrons. The molecular formula is C16H26ClN3O. The van der Waals surface area contributed by atoms with Gasteiger partial charge in [-0.2, -0.15) is 0 Å². The smallest absolute Gasteiger partial charge is 0.137 e. The Balaban J connectivity index is 2.39. The zero-order chi connectivity index (χ0) is 16.1. The van der Waals surface area contributed by atoms with E-state index in [4.69, 9.17) is 21.3 Å². The number of rotatable bonds is 1. The summed E-state index contributed by atoms with van der Waals surface area (Å²) in [5.74, 6) is 1.65. The van der Waals surface area contributed by atoms with Crippen molar-refractivity contribution in [2.75, 3.05) is 18.0 Å². The number of halogens is 1. The maximum atomic E-state index is 6.21. The highest BCUT2D eigenvalue weighted by molar-refractivity contribution is 6.29. The first kappa shape index (κ1) is 16.5. The normalized spacial score (nSPS) is 21.4. The lowest BCUT2D eigenvalue weighted by Crippen LogP contribution is -2.57. The van der Waals surface area contributed by atoms with Crippen molar-refractivity contribution < 1.29 is 4.74 Å². The van der Waals surface area contributed by atoms with E-state index in [0.717, 1.165) is 24.7 Å².